The van der Waals surface area contributed by atoms with Crippen molar-refractivity contribution < 1.29 is 0 Å². The summed E-state index contributed by atoms with van der Waals surface area (Å²) >= 11 is 1.81. The first kappa shape index (κ1) is 10.1. The molecule has 0 spiro atoms. The maximum atomic E-state index is 6.06. The average molecular weight is 210 g/mol. The van der Waals surface area contributed by atoms with Gasteiger partial charge in [0, 0.05) is 23.5 Å². The van der Waals surface area contributed by atoms with E-state index in [9.17, 15) is 0 Å². The molecule has 1 aromatic heterocycles. The van der Waals surface area contributed by atoms with Crippen LogP contribution in [0.15, 0.2) is 17.5 Å². The third kappa shape index (κ3) is 2.56. The summed E-state index contributed by atoms with van der Waals surface area (Å²) in [6.07, 6.45) is 5.06. The Morgan fingerprint density at radius 1 is 1.43 bits per heavy atom. The Morgan fingerprint density at radius 3 is 3.00 bits per heavy atom. The van der Waals surface area contributed by atoms with Gasteiger partial charge in [-0.15, -0.1) is 11.3 Å². The molecule has 0 bridgehead atoms. The van der Waals surface area contributed by atoms with Crippen molar-refractivity contribution >= 4 is 11.3 Å². The quantitative estimate of drug-likeness (QED) is 0.802. The van der Waals surface area contributed by atoms with E-state index in [-0.39, 0.29) is 0 Å². The van der Waals surface area contributed by atoms with Crippen molar-refractivity contribution in [1.82, 2.24) is 5.32 Å². The van der Waals surface area contributed by atoms with E-state index in [4.69, 9.17) is 5.73 Å². The van der Waals surface area contributed by atoms with E-state index in [1.165, 1.54) is 30.6 Å². The van der Waals surface area contributed by atoms with E-state index in [1.807, 2.05) is 11.3 Å². The lowest BCUT2D eigenvalue weighted by molar-refractivity contribution is 0.327. The molecule has 0 radical (unpaired) electrons. The Hall–Kier alpha value is -0.380. The molecule has 1 aliphatic carbocycles. The molecule has 2 nitrogen and oxygen atoms in total. The van der Waals surface area contributed by atoms with Gasteiger partial charge in [0.2, 0.25) is 0 Å². The third-order valence-electron chi connectivity index (χ3n) is 2.94. The van der Waals surface area contributed by atoms with Crippen molar-refractivity contribution in [2.75, 3.05) is 0 Å². The molecule has 1 fully saturated rings. The highest BCUT2D eigenvalue weighted by molar-refractivity contribution is 7.09. The Labute approximate surface area is 89.5 Å². The maximum absolute atomic E-state index is 6.06. The van der Waals surface area contributed by atoms with Gasteiger partial charge in [0.15, 0.2) is 0 Å². The fraction of sp³-hybridized carbons (Fsp3) is 0.636. The van der Waals surface area contributed by atoms with E-state index < -0.39 is 0 Å². The summed E-state index contributed by atoms with van der Waals surface area (Å²) in [4.78, 5) is 1.41. The summed E-state index contributed by atoms with van der Waals surface area (Å²) in [6, 6.07) is 5.17. The number of hydrogen-bond acceptors (Lipinski definition) is 3. The predicted octanol–water partition coefficient (Wildman–Crippen LogP) is 2.11. The lowest BCUT2D eigenvalue weighted by Crippen LogP contribution is -2.46. The summed E-state index contributed by atoms with van der Waals surface area (Å²) in [5.74, 6) is 0. The second-order valence-electron chi connectivity index (χ2n) is 4.02. The minimum absolute atomic E-state index is 0.365. The second-order valence-corrected chi connectivity index (χ2v) is 5.05. The van der Waals surface area contributed by atoms with Gasteiger partial charge >= 0.3 is 0 Å². The highest BCUT2D eigenvalue weighted by atomic mass is 32.1. The van der Waals surface area contributed by atoms with Crippen LogP contribution in [0, 0.1) is 0 Å². The number of nitrogens with one attached hydrogen (secondary N) is 1. The van der Waals surface area contributed by atoms with E-state index in [1.54, 1.807) is 0 Å². The maximum Gasteiger partial charge on any atom is 0.0302 e. The molecule has 78 valence electrons. The second kappa shape index (κ2) is 4.91. The van der Waals surface area contributed by atoms with Crippen molar-refractivity contribution in [3.63, 3.8) is 0 Å². The zero-order valence-electron chi connectivity index (χ0n) is 8.41. The molecule has 14 heavy (non-hydrogen) atoms. The molecule has 3 N–H and O–H groups in total. The first-order chi connectivity index (χ1) is 6.86. The van der Waals surface area contributed by atoms with Crippen LogP contribution in [0.1, 0.15) is 30.6 Å². The third-order valence-corrected chi connectivity index (χ3v) is 3.81. The van der Waals surface area contributed by atoms with Crippen LogP contribution < -0.4 is 11.1 Å². The molecule has 3 heteroatoms. The van der Waals surface area contributed by atoms with Crippen LogP contribution in [0.4, 0.5) is 0 Å². The van der Waals surface area contributed by atoms with E-state index in [2.05, 4.69) is 22.8 Å². The minimum atomic E-state index is 0.365. The normalized spacial score (nSPS) is 27.8. The number of thiophene rings is 1. The molecule has 1 unspecified atom stereocenters. The lowest BCUT2D eigenvalue weighted by atomic mass is 9.91. The average Bonchev–Trinajstić information content (AvgIpc) is 2.69. The molecule has 0 amide bonds. The molecule has 1 heterocycles. The first-order valence-corrected chi connectivity index (χ1v) is 6.25. The van der Waals surface area contributed by atoms with Gasteiger partial charge in [0.1, 0.15) is 0 Å². The SMILES string of the molecule is NC1CCCC[C@H]1NCc1cccs1. The number of hydrogen-bond donors (Lipinski definition) is 2. The van der Waals surface area contributed by atoms with E-state index in [0.717, 1.165) is 6.54 Å². The van der Waals surface area contributed by atoms with Gasteiger partial charge in [-0.05, 0) is 24.3 Å². The zero-order chi connectivity index (χ0) is 9.80. The molecule has 1 aromatic rings. The molecular weight excluding hydrogens is 192 g/mol. The van der Waals surface area contributed by atoms with Gasteiger partial charge in [-0.3, -0.25) is 0 Å². The van der Waals surface area contributed by atoms with Crippen LogP contribution in [0.2, 0.25) is 0 Å². The molecular formula is C11H18N2S. The molecule has 1 aliphatic rings. The molecule has 2 rings (SSSR count). The standard InChI is InChI=1S/C11H18N2S/c12-10-5-1-2-6-11(10)13-8-9-4-3-7-14-9/h3-4,7,10-11,13H,1-2,5-6,8,12H2/t10?,11-/m1/s1. The van der Waals surface area contributed by atoms with Crippen molar-refractivity contribution in [2.24, 2.45) is 5.73 Å². The van der Waals surface area contributed by atoms with Crippen LogP contribution in [0.5, 0.6) is 0 Å². The number of nitrogens with two attached hydrogens (primary N) is 1. The van der Waals surface area contributed by atoms with Gasteiger partial charge in [-0.25, -0.2) is 0 Å². The van der Waals surface area contributed by atoms with Crippen LogP contribution in [-0.2, 0) is 6.54 Å². The highest BCUT2D eigenvalue weighted by Crippen LogP contribution is 2.17. The van der Waals surface area contributed by atoms with Crippen molar-refractivity contribution in [3.05, 3.63) is 22.4 Å². The van der Waals surface area contributed by atoms with E-state index in [0.29, 0.717) is 12.1 Å². The smallest absolute Gasteiger partial charge is 0.0302 e. The first-order valence-electron chi connectivity index (χ1n) is 5.37. The fourth-order valence-corrected chi connectivity index (χ4v) is 2.71. The Balaban J connectivity index is 1.79. The van der Waals surface area contributed by atoms with Crippen LogP contribution >= 0.6 is 11.3 Å². The topological polar surface area (TPSA) is 38.0 Å². The molecule has 1 saturated carbocycles. The van der Waals surface area contributed by atoms with Gasteiger partial charge in [-0.2, -0.15) is 0 Å². The minimum Gasteiger partial charge on any atom is -0.326 e. The van der Waals surface area contributed by atoms with E-state index >= 15 is 0 Å². The summed E-state index contributed by atoms with van der Waals surface area (Å²) < 4.78 is 0. The summed E-state index contributed by atoms with van der Waals surface area (Å²) in [7, 11) is 0. The van der Waals surface area contributed by atoms with Crippen molar-refractivity contribution in [1.29, 1.82) is 0 Å². The monoisotopic (exact) mass is 210 g/mol. The molecule has 0 aromatic carbocycles. The largest absolute Gasteiger partial charge is 0.326 e. The summed E-state index contributed by atoms with van der Waals surface area (Å²) in [6.45, 7) is 0.982. The fourth-order valence-electron chi connectivity index (χ4n) is 2.06. The van der Waals surface area contributed by atoms with Crippen LogP contribution in [0.3, 0.4) is 0 Å². The van der Waals surface area contributed by atoms with Gasteiger partial charge in [0.25, 0.3) is 0 Å². The lowest BCUT2D eigenvalue weighted by Gasteiger charge is -2.29. The molecule has 0 saturated heterocycles. The number of rotatable bonds is 3. The molecule has 2 atom stereocenters. The van der Waals surface area contributed by atoms with Crippen LogP contribution in [0.25, 0.3) is 0 Å². The van der Waals surface area contributed by atoms with Gasteiger partial charge in [0.05, 0.1) is 0 Å². The highest BCUT2D eigenvalue weighted by Gasteiger charge is 2.20. The Kier molecular flexibility index (Phi) is 3.56. The van der Waals surface area contributed by atoms with Crippen molar-refractivity contribution in [3.8, 4) is 0 Å². The predicted molar refractivity (Wildman–Crippen MR) is 61.4 cm³/mol. The Bertz CT molecular complexity index is 258. The van der Waals surface area contributed by atoms with Gasteiger partial charge in [-0.1, -0.05) is 18.9 Å². The van der Waals surface area contributed by atoms with Crippen LogP contribution in [-0.4, -0.2) is 12.1 Å². The molecule has 0 aliphatic heterocycles. The van der Waals surface area contributed by atoms with Crippen molar-refractivity contribution in [2.45, 2.75) is 44.3 Å². The summed E-state index contributed by atoms with van der Waals surface area (Å²) in [5, 5.41) is 5.68. The summed E-state index contributed by atoms with van der Waals surface area (Å²) in [5.41, 5.74) is 6.06. The van der Waals surface area contributed by atoms with Gasteiger partial charge < -0.3 is 11.1 Å². The Morgan fingerprint density at radius 2 is 2.29 bits per heavy atom. The zero-order valence-corrected chi connectivity index (χ0v) is 9.22.